The van der Waals surface area contributed by atoms with Crippen LogP contribution in [0.3, 0.4) is 0 Å². The molecule has 0 N–H and O–H groups in total. The number of aromatic nitrogens is 5. The van der Waals surface area contributed by atoms with Crippen LogP contribution < -0.4 is 4.90 Å². The third-order valence-corrected chi connectivity index (χ3v) is 3.68. The monoisotopic (exact) mass is 276 g/mol. The van der Waals surface area contributed by atoms with Crippen molar-refractivity contribution in [1.82, 2.24) is 25.3 Å². The standard InChI is InChI=1S/C12H16N6O2/c1-20-12(19)8-9-4-6-17(7-5-9)11-3-2-10-13-15-16-18(10)14-11/h2-3,9H,4-8H2,1H3. The first-order valence-electron chi connectivity index (χ1n) is 6.63. The summed E-state index contributed by atoms with van der Waals surface area (Å²) < 4.78 is 6.14. The highest BCUT2D eigenvalue weighted by Crippen LogP contribution is 2.24. The molecule has 3 heterocycles. The van der Waals surface area contributed by atoms with E-state index in [1.165, 1.54) is 11.7 Å². The van der Waals surface area contributed by atoms with Crippen LogP contribution in [0.1, 0.15) is 19.3 Å². The quantitative estimate of drug-likeness (QED) is 0.745. The van der Waals surface area contributed by atoms with Crippen molar-refractivity contribution in [3.63, 3.8) is 0 Å². The summed E-state index contributed by atoms with van der Waals surface area (Å²) in [6.45, 7) is 1.75. The van der Waals surface area contributed by atoms with Crippen molar-refractivity contribution in [2.75, 3.05) is 25.1 Å². The maximum absolute atomic E-state index is 11.3. The van der Waals surface area contributed by atoms with E-state index in [1.807, 2.05) is 12.1 Å². The number of esters is 1. The van der Waals surface area contributed by atoms with Crippen molar-refractivity contribution in [3.05, 3.63) is 12.1 Å². The predicted molar refractivity (Wildman–Crippen MR) is 70.1 cm³/mol. The lowest BCUT2D eigenvalue weighted by molar-refractivity contribution is -0.141. The normalized spacial score (nSPS) is 16.6. The summed E-state index contributed by atoms with van der Waals surface area (Å²) in [5.74, 6) is 1.13. The number of hydrogen-bond acceptors (Lipinski definition) is 7. The van der Waals surface area contributed by atoms with Gasteiger partial charge in [-0.15, -0.1) is 14.8 Å². The van der Waals surface area contributed by atoms with Gasteiger partial charge in [-0.25, -0.2) is 0 Å². The van der Waals surface area contributed by atoms with Crippen LogP contribution in [0.2, 0.25) is 0 Å². The van der Waals surface area contributed by atoms with Gasteiger partial charge in [0, 0.05) is 19.5 Å². The number of carbonyl (C=O) groups is 1. The molecule has 1 aliphatic rings. The minimum atomic E-state index is -0.128. The number of methoxy groups -OCH3 is 1. The lowest BCUT2D eigenvalue weighted by Crippen LogP contribution is -2.35. The Labute approximate surface area is 115 Å². The molecule has 0 bridgehead atoms. The molecular weight excluding hydrogens is 260 g/mol. The molecule has 0 aromatic carbocycles. The van der Waals surface area contributed by atoms with Crippen LogP contribution in [-0.2, 0) is 9.53 Å². The first-order valence-corrected chi connectivity index (χ1v) is 6.63. The van der Waals surface area contributed by atoms with E-state index in [-0.39, 0.29) is 5.97 Å². The molecule has 0 aliphatic carbocycles. The minimum absolute atomic E-state index is 0.128. The molecule has 2 aromatic heterocycles. The first-order chi connectivity index (χ1) is 9.76. The zero-order valence-electron chi connectivity index (χ0n) is 11.3. The fourth-order valence-electron chi connectivity index (χ4n) is 2.49. The number of piperidine rings is 1. The molecule has 20 heavy (non-hydrogen) atoms. The van der Waals surface area contributed by atoms with Crippen LogP contribution in [0.15, 0.2) is 12.1 Å². The van der Waals surface area contributed by atoms with E-state index in [4.69, 9.17) is 4.74 Å². The van der Waals surface area contributed by atoms with E-state index in [1.54, 1.807) is 0 Å². The van der Waals surface area contributed by atoms with E-state index in [9.17, 15) is 4.79 Å². The van der Waals surface area contributed by atoms with Gasteiger partial charge in [-0.3, -0.25) is 4.79 Å². The number of hydrogen-bond donors (Lipinski definition) is 0. The van der Waals surface area contributed by atoms with E-state index in [0.717, 1.165) is 31.7 Å². The molecule has 0 atom stereocenters. The molecule has 0 radical (unpaired) electrons. The summed E-state index contributed by atoms with van der Waals surface area (Å²) in [4.78, 5) is 13.5. The number of rotatable bonds is 3. The van der Waals surface area contributed by atoms with Crippen LogP contribution in [0.4, 0.5) is 5.82 Å². The van der Waals surface area contributed by atoms with Gasteiger partial charge < -0.3 is 9.64 Å². The smallest absolute Gasteiger partial charge is 0.305 e. The van der Waals surface area contributed by atoms with Crippen LogP contribution in [0.5, 0.6) is 0 Å². The van der Waals surface area contributed by atoms with Crippen LogP contribution in [0.25, 0.3) is 5.65 Å². The first kappa shape index (κ1) is 12.8. The summed E-state index contributed by atoms with van der Waals surface area (Å²) in [7, 11) is 1.43. The zero-order chi connectivity index (χ0) is 13.9. The highest BCUT2D eigenvalue weighted by molar-refractivity contribution is 5.69. The van der Waals surface area contributed by atoms with Crippen molar-refractivity contribution in [1.29, 1.82) is 0 Å². The van der Waals surface area contributed by atoms with Gasteiger partial charge in [0.05, 0.1) is 7.11 Å². The van der Waals surface area contributed by atoms with E-state index < -0.39 is 0 Å². The van der Waals surface area contributed by atoms with Crippen molar-refractivity contribution in [2.24, 2.45) is 5.92 Å². The van der Waals surface area contributed by atoms with Crippen LogP contribution >= 0.6 is 0 Å². The highest BCUT2D eigenvalue weighted by Gasteiger charge is 2.22. The number of fused-ring (bicyclic) bond motifs is 1. The Morgan fingerprint density at radius 2 is 2.20 bits per heavy atom. The van der Waals surface area contributed by atoms with Crippen molar-refractivity contribution >= 4 is 17.4 Å². The fourth-order valence-corrected chi connectivity index (χ4v) is 2.49. The minimum Gasteiger partial charge on any atom is -0.469 e. The third kappa shape index (κ3) is 2.54. The molecule has 1 saturated heterocycles. The number of anilines is 1. The molecule has 1 fully saturated rings. The van der Waals surface area contributed by atoms with E-state index in [0.29, 0.717) is 18.0 Å². The van der Waals surface area contributed by atoms with Gasteiger partial charge >= 0.3 is 5.97 Å². The predicted octanol–water partition coefficient (Wildman–Crippen LogP) is 0.299. The second-order valence-corrected chi connectivity index (χ2v) is 4.93. The Bertz CT molecular complexity index is 605. The van der Waals surface area contributed by atoms with Gasteiger partial charge in [-0.05, 0) is 41.3 Å². The van der Waals surface area contributed by atoms with Crippen molar-refractivity contribution < 1.29 is 9.53 Å². The SMILES string of the molecule is COC(=O)CC1CCN(c2ccc3nnnn3n2)CC1. The molecule has 8 nitrogen and oxygen atoms in total. The topological polar surface area (TPSA) is 85.5 Å². The average molecular weight is 276 g/mol. The molecule has 106 valence electrons. The number of tetrazole rings is 1. The Balaban J connectivity index is 1.64. The average Bonchev–Trinajstić information content (AvgIpc) is 2.95. The highest BCUT2D eigenvalue weighted by atomic mass is 16.5. The fraction of sp³-hybridized carbons (Fsp3) is 0.583. The molecule has 0 unspecified atom stereocenters. The number of ether oxygens (including phenoxy) is 1. The van der Waals surface area contributed by atoms with E-state index >= 15 is 0 Å². The lowest BCUT2D eigenvalue weighted by atomic mass is 9.93. The molecule has 1 aliphatic heterocycles. The Hall–Kier alpha value is -2.25. The molecule has 0 saturated carbocycles. The number of carbonyl (C=O) groups excluding carboxylic acids is 1. The number of nitrogens with zero attached hydrogens (tertiary/aromatic N) is 6. The maximum Gasteiger partial charge on any atom is 0.305 e. The van der Waals surface area contributed by atoms with Gasteiger partial charge in [-0.1, -0.05) is 0 Å². The molecular formula is C12H16N6O2. The van der Waals surface area contributed by atoms with E-state index in [2.05, 4.69) is 25.5 Å². The van der Waals surface area contributed by atoms with Crippen molar-refractivity contribution in [2.45, 2.75) is 19.3 Å². The van der Waals surface area contributed by atoms with Gasteiger partial charge in [-0.2, -0.15) is 0 Å². The van der Waals surface area contributed by atoms with Gasteiger partial charge in [0.2, 0.25) is 0 Å². The Morgan fingerprint density at radius 3 is 2.95 bits per heavy atom. The van der Waals surface area contributed by atoms with Crippen molar-refractivity contribution in [3.8, 4) is 0 Å². The second-order valence-electron chi connectivity index (χ2n) is 4.93. The van der Waals surface area contributed by atoms with Crippen LogP contribution in [0, 0.1) is 5.92 Å². The summed E-state index contributed by atoms with van der Waals surface area (Å²) in [6.07, 6.45) is 2.43. The zero-order valence-corrected chi connectivity index (χ0v) is 11.3. The second kappa shape index (κ2) is 5.40. The van der Waals surface area contributed by atoms with Gasteiger partial charge in [0.25, 0.3) is 0 Å². The largest absolute Gasteiger partial charge is 0.469 e. The summed E-state index contributed by atoms with van der Waals surface area (Å²) >= 11 is 0. The summed E-state index contributed by atoms with van der Waals surface area (Å²) in [5, 5.41) is 15.6. The van der Waals surface area contributed by atoms with Gasteiger partial charge in [0.1, 0.15) is 0 Å². The molecule has 2 aromatic rings. The lowest BCUT2D eigenvalue weighted by Gasteiger charge is -2.32. The maximum atomic E-state index is 11.3. The molecule has 3 rings (SSSR count). The molecule has 0 spiro atoms. The Morgan fingerprint density at radius 1 is 1.40 bits per heavy atom. The Kier molecular flexibility index (Phi) is 3.44. The van der Waals surface area contributed by atoms with Gasteiger partial charge in [0.15, 0.2) is 11.5 Å². The molecule has 8 heteroatoms. The molecule has 0 amide bonds. The summed E-state index contributed by atoms with van der Waals surface area (Å²) in [6, 6.07) is 3.77. The third-order valence-electron chi connectivity index (χ3n) is 3.68. The van der Waals surface area contributed by atoms with Crippen LogP contribution in [-0.4, -0.2) is 51.4 Å². The summed E-state index contributed by atoms with van der Waals surface area (Å²) in [5.41, 5.74) is 0.634.